The Kier molecular flexibility index (Phi) is 6.42. The molecule has 0 atom stereocenters. The molecule has 0 amide bonds. The molecule has 1 rings (SSSR count). The molecule has 20 heavy (non-hydrogen) atoms. The number of nitrogens with two attached hydrogens (primary N) is 1. The normalized spacial score (nSPS) is 11.8. The lowest BCUT2D eigenvalue weighted by atomic mass is 10.2. The van der Waals surface area contributed by atoms with Crippen LogP contribution in [0, 0.1) is 5.82 Å². The third-order valence-corrected chi connectivity index (χ3v) is 5.36. The van der Waals surface area contributed by atoms with Gasteiger partial charge in [-0.05, 0) is 45.0 Å². The molecule has 0 radical (unpaired) electrons. The van der Waals surface area contributed by atoms with Crippen molar-refractivity contribution in [2.24, 2.45) is 5.73 Å². The maximum atomic E-state index is 13.3. The second-order valence-electron chi connectivity index (χ2n) is 5.02. The predicted molar refractivity (Wildman–Crippen MR) is 81.2 cm³/mol. The molecule has 0 aromatic heterocycles. The molecule has 0 aliphatic rings. The van der Waals surface area contributed by atoms with Crippen molar-refractivity contribution in [1.29, 1.82) is 0 Å². The van der Waals surface area contributed by atoms with Gasteiger partial charge in [-0.3, -0.25) is 0 Å². The second kappa shape index (κ2) is 7.59. The molecule has 0 unspecified atom stereocenters. The van der Waals surface area contributed by atoms with Crippen LogP contribution in [0.5, 0.6) is 0 Å². The van der Waals surface area contributed by atoms with Gasteiger partial charge in [0, 0.05) is 18.8 Å². The summed E-state index contributed by atoms with van der Waals surface area (Å²) >= 11 is 0. The van der Waals surface area contributed by atoms with E-state index in [1.54, 1.807) is 26.0 Å². The van der Waals surface area contributed by atoms with Crippen LogP contribution in [-0.2, 0) is 9.84 Å². The highest BCUT2D eigenvalue weighted by Crippen LogP contribution is 2.16. The molecule has 2 N–H and O–H groups in total. The number of anilines is 1. The number of benzene rings is 1. The van der Waals surface area contributed by atoms with E-state index in [9.17, 15) is 12.8 Å². The fourth-order valence-electron chi connectivity index (χ4n) is 1.80. The van der Waals surface area contributed by atoms with Crippen LogP contribution < -0.4 is 10.6 Å². The van der Waals surface area contributed by atoms with Crippen LogP contribution in [-0.4, -0.2) is 39.1 Å². The van der Waals surface area contributed by atoms with Gasteiger partial charge in [-0.15, -0.1) is 0 Å². The summed E-state index contributed by atoms with van der Waals surface area (Å²) in [5.74, 6) is -0.266. The Balaban J connectivity index is 2.80. The van der Waals surface area contributed by atoms with Gasteiger partial charge in [0.15, 0.2) is 9.84 Å². The van der Waals surface area contributed by atoms with Crippen LogP contribution in [0.4, 0.5) is 10.1 Å². The average Bonchev–Trinajstić information content (AvgIpc) is 2.38. The Morgan fingerprint density at radius 2 is 2.00 bits per heavy atom. The Bertz CT molecular complexity index is 518. The highest BCUT2D eigenvalue weighted by molar-refractivity contribution is 7.92. The first-order valence-corrected chi connectivity index (χ1v) is 8.50. The minimum atomic E-state index is -3.10. The number of hydrogen-bond acceptors (Lipinski definition) is 4. The van der Waals surface area contributed by atoms with E-state index in [1.165, 1.54) is 12.1 Å². The summed E-state index contributed by atoms with van der Waals surface area (Å²) in [5, 5.41) is -0.397. The Morgan fingerprint density at radius 1 is 1.30 bits per heavy atom. The molecule has 1 aromatic rings. The molecule has 0 aliphatic heterocycles. The van der Waals surface area contributed by atoms with Crippen LogP contribution in [0.25, 0.3) is 0 Å². The van der Waals surface area contributed by atoms with Gasteiger partial charge >= 0.3 is 0 Å². The molecule has 114 valence electrons. The molecule has 0 saturated heterocycles. The third kappa shape index (κ3) is 5.09. The summed E-state index contributed by atoms with van der Waals surface area (Å²) in [6.45, 7) is 4.82. The van der Waals surface area contributed by atoms with Crippen LogP contribution >= 0.6 is 0 Å². The molecule has 6 heteroatoms. The molecule has 0 bridgehead atoms. The summed E-state index contributed by atoms with van der Waals surface area (Å²) in [4.78, 5) is 1.87. The molecule has 0 heterocycles. The third-order valence-electron chi connectivity index (χ3n) is 3.17. The highest BCUT2D eigenvalue weighted by Gasteiger charge is 2.18. The first-order valence-electron chi connectivity index (χ1n) is 6.79. The molecule has 0 aliphatic carbocycles. The number of sulfone groups is 1. The van der Waals surface area contributed by atoms with Crippen molar-refractivity contribution >= 4 is 15.5 Å². The minimum Gasteiger partial charge on any atom is -0.370 e. The summed E-state index contributed by atoms with van der Waals surface area (Å²) in [6, 6.07) is 6.19. The average molecular weight is 302 g/mol. The monoisotopic (exact) mass is 302 g/mol. The largest absolute Gasteiger partial charge is 0.370 e. The lowest BCUT2D eigenvalue weighted by Gasteiger charge is -2.25. The molecule has 0 saturated carbocycles. The van der Waals surface area contributed by atoms with E-state index in [2.05, 4.69) is 0 Å². The van der Waals surface area contributed by atoms with Gasteiger partial charge < -0.3 is 10.6 Å². The summed E-state index contributed by atoms with van der Waals surface area (Å²) < 4.78 is 37.0. The van der Waals surface area contributed by atoms with Crippen molar-refractivity contribution in [2.75, 3.05) is 30.3 Å². The van der Waals surface area contributed by atoms with Crippen LogP contribution in [0.3, 0.4) is 0 Å². The summed E-state index contributed by atoms with van der Waals surface area (Å²) in [7, 11) is -3.10. The zero-order valence-corrected chi connectivity index (χ0v) is 12.9. The van der Waals surface area contributed by atoms with Gasteiger partial charge in [0.1, 0.15) is 5.82 Å². The number of nitrogens with zero attached hydrogens (tertiary/aromatic N) is 1. The van der Waals surface area contributed by atoms with Gasteiger partial charge in [-0.25, -0.2) is 12.8 Å². The van der Waals surface area contributed by atoms with Gasteiger partial charge in [0.2, 0.25) is 0 Å². The maximum absolute atomic E-state index is 13.3. The van der Waals surface area contributed by atoms with Gasteiger partial charge in [0.05, 0.1) is 11.0 Å². The second-order valence-corrected chi connectivity index (χ2v) is 7.70. The van der Waals surface area contributed by atoms with E-state index in [0.29, 0.717) is 25.3 Å². The van der Waals surface area contributed by atoms with E-state index < -0.39 is 15.1 Å². The van der Waals surface area contributed by atoms with Crippen LogP contribution in [0.1, 0.15) is 20.3 Å². The van der Waals surface area contributed by atoms with E-state index in [0.717, 1.165) is 6.42 Å². The lowest BCUT2D eigenvalue weighted by Crippen LogP contribution is -2.33. The van der Waals surface area contributed by atoms with E-state index in [1.807, 2.05) is 4.90 Å². The number of hydrogen-bond donors (Lipinski definition) is 1. The highest BCUT2D eigenvalue weighted by atomic mass is 32.2. The van der Waals surface area contributed by atoms with Gasteiger partial charge in [-0.1, -0.05) is 6.07 Å². The standard InChI is InChI=1S/C14H23FN2O2S/c1-12(2)20(18,19)10-9-17(8-4-7-16)14-6-3-5-13(15)11-14/h3,5-6,11-12H,4,7-10,16H2,1-2H3. The Labute approximate surface area is 120 Å². The first kappa shape index (κ1) is 16.9. The van der Waals surface area contributed by atoms with Gasteiger partial charge in [0.25, 0.3) is 0 Å². The molecular weight excluding hydrogens is 279 g/mol. The van der Waals surface area contributed by atoms with Crippen molar-refractivity contribution in [1.82, 2.24) is 0 Å². The van der Waals surface area contributed by atoms with Crippen molar-refractivity contribution < 1.29 is 12.8 Å². The first-order chi connectivity index (χ1) is 9.36. The Morgan fingerprint density at radius 3 is 2.55 bits per heavy atom. The molecule has 0 fully saturated rings. The zero-order valence-electron chi connectivity index (χ0n) is 12.0. The molecule has 1 aromatic carbocycles. The fraction of sp³-hybridized carbons (Fsp3) is 0.571. The van der Waals surface area contributed by atoms with Gasteiger partial charge in [-0.2, -0.15) is 0 Å². The smallest absolute Gasteiger partial charge is 0.154 e. The van der Waals surface area contributed by atoms with Crippen molar-refractivity contribution in [2.45, 2.75) is 25.5 Å². The summed E-state index contributed by atoms with van der Waals surface area (Å²) in [5.41, 5.74) is 6.19. The van der Waals surface area contributed by atoms with E-state index in [4.69, 9.17) is 5.73 Å². The van der Waals surface area contributed by atoms with E-state index in [-0.39, 0.29) is 11.6 Å². The topological polar surface area (TPSA) is 63.4 Å². The molecule has 4 nitrogen and oxygen atoms in total. The SMILES string of the molecule is CC(C)S(=O)(=O)CCN(CCCN)c1cccc(F)c1. The maximum Gasteiger partial charge on any atom is 0.154 e. The number of halogens is 1. The molecule has 0 spiro atoms. The minimum absolute atomic E-state index is 0.0613. The number of rotatable bonds is 8. The van der Waals surface area contributed by atoms with Crippen molar-refractivity contribution in [3.63, 3.8) is 0 Å². The van der Waals surface area contributed by atoms with Crippen LogP contribution in [0.2, 0.25) is 0 Å². The van der Waals surface area contributed by atoms with Crippen molar-refractivity contribution in [3.8, 4) is 0 Å². The van der Waals surface area contributed by atoms with Crippen molar-refractivity contribution in [3.05, 3.63) is 30.1 Å². The quantitative estimate of drug-likeness (QED) is 0.795. The van der Waals surface area contributed by atoms with E-state index >= 15 is 0 Å². The van der Waals surface area contributed by atoms with Crippen LogP contribution in [0.15, 0.2) is 24.3 Å². The zero-order chi connectivity index (χ0) is 15.2. The predicted octanol–water partition coefficient (Wildman–Crippen LogP) is 1.80. The Hall–Kier alpha value is -1.14. The summed E-state index contributed by atoms with van der Waals surface area (Å²) in [6.07, 6.45) is 0.734. The lowest BCUT2D eigenvalue weighted by molar-refractivity contribution is 0.585. The fourth-order valence-corrected chi connectivity index (χ4v) is 2.74. The molecular formula is C14H23FN2O2S.